The zero-order valence-corrected chi connectivity index (χ0v) is 10.1. The molecule has 0 bridgehead atoms. The molecule has 0 fully saturated rings. The molecule has 0 amide bonds. The smallest absolute Gasteiger partial charge is 0.372 e. The summed E-state index contributed by atoms with van der Waals surface area (Å²) in [5.41, 5.74) is -0.224. The molecule has 7 nitrogen and oxygen atoms in total. The minimum atomic E-state index is -0.542. The first-order valence-corrected chi connectivity index (χ1v) is 5.40. The van der Waals surface area contributed by atoms with Crippen LogP contribution >= 0.6 is 0 Å². The number of methoxy groups -OCH3 is 1. The Bertz CT molecular complexity index is 397. The van der Waals surface area contributed by atoms with Crippen LogP contribution < -0.4 is 10.1 Å². The van der Waals surface area contributed by atoms with Gasteiger partial charge in [-0.2, -0.15) is 4.98 Å². The molecule has 1 N–H and O–H groups in total. The van der Waals surface area contributed by atoms with Crippen molar-refractivity contribution in [3.8, 4) is 5.88 Å². The van der Waals surface area contributed by atoms with Crippen molar-refractivity contribution in [2.75, 3.05) is 12.4 Å². The average molecular weight is 240 g/mol. The Morgan fingerprint density at radius 1 is 1.59 bits per heavy atom. The lowest BCUT2D eigenvalue weighted by Crippen LogP contribution is -2.17. The van der Waals surface area contributed by atoms with Gasteiger partial charge in [-0.15, -0.1) is 0 Å². The number of hydrogen-bond donors (Lipinski definition) is 1. The van der Waals surface area contributed by atoms with E-state index < -0.39 is 4.92 Å². The second-order valence-electron chi connectivity index (χ2n) is 3.67. The van der Waals surface area contributed by atoms with Crippen molar-refractivity contribution in [2.24, 2.45) is 0 Å². The molecule has 0 aliphatic heterocycles. The Kier molecular flexibility index (Phi) is 4.62. The highest BCUT2D eigenvalue weighted by atomic mass is 16.6. The van der Waals surface area contributed by atoms with E-state index in [1.807, 2.05) is 13.8 Å². The number of nitro groups is 1. The van der Waals surface area contributed by atoms with Gasteiger partial charge in [0.05, 0.1) is 12.0 Å². The van der Waals surface area contributed by atoms with Crippen molar-refractivity contribution < 1.29 is 9.66 Å². The van der Waals surface area contributed by atoms with E-state index in [1.54, 1.807) is 0 Å². The van der Waals surface area contributed by atoms with E-state index in [4.69, 9.17) is 4.74 Å². The number of hydrogen-bond acceptors (Lipinski definition) is 6. The van der Waals surface area contributed by atoms with Crippen LogP contribution in [0.15, 0.2) is 6.33 Å². The molecule has 1 aromatic heterocycles. The zero-order valence-electron chi connectivity index (χ0n) is 10.1. The van der Waals surface area contributed by atoms with E-state index in [0.29, 0.717) is 0 Å². The Labute approximate surface area is 99.4 Å². The van der Waals surface area contributed by atoms with Gasteiger partial charge in [-0.05, 0) is 13.3 Å². The second-order valence-corrected chi connectivity index (χ2v) is 3.67. The average Bonchev–Trinajstić information content (AvgIpc) is 2.28. The summed E-state index contributed by atoms with van der Waals surface area (Å²) in [6, 6.07) is 0.110. The molecule has 17 heavy (non-hydrogen) atoms. The molecular weight excluding hydrogens is 224 g/mol. The van der Waals surface area contributed by atoms with Crippen LogP contribution in [-0.2, 0) is 0 Å². The lowest BCUT2D eigenvalue weighted by atomic mass is 10.2. The maximum atomic E-state index is 10.9. The third kappa shape index (κ3) is 3.27. The summed E-state index contributed by atoms with van der Waals surface area (Å²) < 4.78 is 4.86. The van der Waals surface area contributed by atoms with Crippen molar-refractivity contribution in [2.45, 2.75) is 32.7 Å². The summed E-state index contributed by atoms with van der Waals surface area (Å²) in [5, 5.41) is 13.9. The molecule has 0 saturated heterocycles. The van der Waals surface area contributed by atoms with Gasteiger partial charge in [0.2, 0.25) is 5.82 Å². The second kappa shape index (κ2) is 5.97. The minimum absolute atomic E-state index is 0.0313. The topological polar surface area (TPSA) is 90.2 Å². The maximum Gasteiger partial charge on any atom is 0.372 e. The van der Waals surface area contributed by atoms with Crippen LogP contribution in [0.1, 0.15) is 26.7 Å². The maximum absolute atomic E-state index is 10.9. The molecule has 94 valence electrons. The Hall–Kier alpha value is -1.92. The van der Waals surface area contributed by atoms with Crippen molar-refractivity contribution in [3.63, 3.8) is 0 Å². The SMILES string of the molecule is CCCC(C)Nc1ncnc(OC)c1[N+](=O)[O-]. The number of nitrogens with one attached hydrogen (secondary N) is 1. The molecule has 7 heteroatoms. The van der Waals surface area contributed by atoms with E-state index in [0.717, 1.165) is 12.8 Å². The van der Waals surface area contributed by atoms with Crippen LogP contribution in [0.4, 0.5) is 11.5 Å². The van der Waals surface area contributed by atoms with Gasteiger partial charge in [-0.1, -0.05) is 13.3 Å². The van der Waals surface area contributed by atoms with Gasteiger partial charge in [-0.25, -0.2) is 4.98 Å². The predicted octanol–water partition coefficient (Wildman–Crippen LogP) is 1.99. The number of nitrogens with zero attached hydrogens (tertiary/aromatic N) is 3. The lowest BCUT2D eigenvalue weighted by Gasteiger charge is -2.13. The quantitative estimate of drug-likeness (QED) is 0.604. The molecule has 0 aliphatic carbocycles. The summed E-state index contributed by atoms with van der Waals surface area (Å²) in [7, 11) is 1.34. The van der Waals surface area contributed by atoms with Gasteiger partial charge in [0.15, 0.2) is 0 Å². The van der Waals surface area contributed by atoms with Crippen LogP contribution in [0.3, 0.4) is 0 Å². The third-order valence-corrected chi connectivity index (χ3v) is 2.27. The van der Waals surface area contributed by atoms with Crippen molar-refractivity contribution in [3.05, 3.63) is 16.4 Å². The molecular formula is C10H16N4O3. The molecule has 1 unspecified atom stereocenters. The van der Waals surface area contributed by atoms with Crippen LogP contribution in [0.2, 0.25) is 0 Å². The number of anilines is 1. The lowest BCUT2D eigenvalue weighted by molar-refractivity contribution is -0.385. The molecule has 0 spiro atoms. The Morgan fingerprint density at radius 3 is 2.82 bits per heavy atom. The Balaban J connectivity index is 3.02. The van der Waals surface area contributed by atoms with Gasteiger partial charge in [0.1, 0.15) is 6.33 Å². The van der Waals surface area contributed by atoms with Crippen molar-refractivity contribution in [1.82, 2.24) is 9.97 Å². The highest BCUT2D eigenvalue weighted by Crippen LogP contribution is 2.30. The highest BCUT2D eigenvalue weighted by molar-refractivity contribution is 5.61. The molecule has 1 atom stereocenters. The molecule has 1 heterocycles. The van der Waals surface area contributed by atoms with E-state index in [1.165, 1.54) is 13.4 Å². The normalized spacial score (nSPS) is 11.9. The molecule has 0 aromatic carbocycles. The number of ether oxygens (including phenoxy) is 1. The van der Waals surface area contributed by atoms with Crippen LogP contribution in [-0.4, -0.2) is 28.0 Å². The molecule has 1 aromatic rings. The molecule has 1 rings (SSSR count). The minimum Gasteiger partial charge on any atom is -0.476 e. The fraction of sp³-hybridized carbons (Fsp3) is 0.600. The van der Waals surface area contributed by atoms with Gasteiger partial charge in [0.25, 0.3) is 5.88 Å². The van der Waals surface area contributed by atoms with Crippen LogP contribution in [0.5, 0.6) is 5.88 Å². The molecule has 0 radical (unpaired) electrons. The largest absolute Gasteiger partial charge is 0.476 e. The van der Waals surface area contributed by atoms with Gasteiger partial charge in [-0.3, -0.25) is 10.1 Å². The monoisotopic (exact) mass is 240 g/mol. The fourth-order valence-corrected chi connectivity index (χ4v) is 1.52. The first-order valence-electron chi connectivity index (χ1n) is 5.40. The fourth-order valence-electron chi connectivity index (χ4n) is 1.52. The summed E-state index contributed by atoms with van der Waals surface area (Å²) in [6.07, 6.45) is 3.14. The van der Waals surface area contributed by atoms with Crippen LogP contribution in [0, 0.1) is 10.1 Å². The summed E-state index contributed by atoms with van der Waals surface area (Å²) in [5.74, 6) is 0.166. The first-order chi connectivity index (χ1) is 8.10. The Morgan fingerprint density at radius 2 is 2.29 bits per heavy atom. The molecule has 0 aliphatic rings. The zero-order chi connectivity index (χ0) is 12.8. The van der Waals surface area contributed by atoms with E-state index in [-0.39, 0.29) is 23.4 Å². The summed E-state index contributed by atoms with van der Waals surface area (Å²) in [6.45, 7) is 4.00. The van der Waals surface area contributed by atoms with Crippen molar-refractivity contribution >= 4 is 11.5 Å². The highest BCUT2D eigenvalue weighted by Gasteiger charge is 2.24. The molecule has 0 saturated carbocycles. The standard InChI is InChI=1S/C10H16N4O3/c1-4-5-7(2)13-9-8(14(15)16)10(17-3)12-6-11-9/h6-7H,4-5H2,1-3H3,(H,11,12,13). The van der Waals surface area contributed by atoms with Gasteiger partial charge in [0, 0.05) is 6.04 Å². The van der Waals surface area contributed by atoms with Gasteiger partial charge < -0.3 is 10.1 Å². The number of aromatic nitrogens is 2. The number of rotatable bonds is 6. The third-order valence-electron chi connectivity index (χ3n) is 2.27. The van der Waals surface area contributed by atoms with E-state index in [2.05, 4.69) is 15.3 Å². The van der Waals surface area contributed by atoms with E-state index >= 15 is 0 Å². The summed E-state index contributed by atoms with van der Waals surface area (Å²) >= 11 is 0. The van der Waals surface area contributed by atoms with Crippen LogP contribution in [0.25, 0.3) is 0 Å². The van der Waals surface area contributed by atoms with Gasteiger partial charge >= 0.3 is 5.69 Å². The van der Waals surface area contributed by atoms with Crippen molar-refractivity contribution in [1.29, 1.82) is 0 Å². The van der Waals surface area contributed by atoms with E-state index in [9.17, 15) is 10.1 Å². The predicted molar refractivity (Wildman–Crippen MR) is 63.2 cm³/mol. The summed E-state index contributed by atoms with van der Waals surface area (Å²) in [4.78, 5) is 18.0. The first kappa shape index (κ1) is 13.1.